The number of allylic oxidation sites excluding steroid dienone is 2. The highest BCUT2D eigenvalue weighted by molar-refractivity contribution is 6.47. The van der Waals surface area contributed by atoms with Gasteiger partial charge in [-0.25, -0.2) is 0 Å². The van der Waals surface area contributed by atoms with E-state index in [-0.39, 0.29) is 5.91 Å². The molecule has 2 heterocycles. The smallest absolute Gasteiger partial charge is 0.220 e. The lowest BCUT2D eigenvalue weighted by atomic mass is 9.79. The third-order valence-corrected chi connectivity index (χ3v) is 5.73. The Morgan fingerprint density at radius 2 is 2.10 bits per heavy atom. The Labute approximate surface area is 171 Å². The van der Waals surface area contributed by atoms with Crippen molar-refractivity contribution in [1.82, 2.24) is 10.2 Å². The summed E-state index contributed by atoms with van der Waals surface area (Å²) in [7, 11) is 0. The molecule has 0 aromatic heterocycles. The molecule has 2 N–H and O–H groups in total. The van der Waals surface area contributed by atoms with Crippen molar-refractivity contribution in [3.8, 4) is 0 Å². The summed E-state index contributed by atoms with van der Waals surface area (Å²) in [6.45, 7) is 2.14. The average molecular weight is 390 g/mol. The molecule has 6 nitrogen and oxygen atoms in total. The van der Waals surface area contributed by atoms with Gasteiger partial charge in [-0.15, -0.1) is 0 Å². The first-order valence-corrected chi connectivity index (χ1v) is 10.3. The zero-order chi connectivity index (χ0) is 20.1. The first kappa shape index (κ1) is 19.5. The Morgan fingerprint density at radius 1 is 1.24 bits per heavy atom. The summed E-state index contributed by atoms with van der Waals surface area (Å²) >= 11 is 0. The topological polar surface area (TPSA) is 80.9 Å². The number of aliphatic imine (C=N–C) groups is 2. The van der Waals surface area contributed by atoms with E-state index in [1.165, 1.54) is 5.56 Å². The van der Waals surface area contributed by atoms with Crippen molar-refractivity contribution in [3.63, 3.8) is 0 Å². The monoisotopic (exact) mass is 389 g/mol. The number of amides is 1. The molecule has 0 radical (unpaired) electrons. The van der Waals surface area contributed by atoms with E-state index in [1.807, 2.05) is 36.6 Å². The maximum absolute atomic E-state index is 12.1. The van der Waals surface area contributed by atoms with Gasteiger partial charge in [0.2, 0.25) is 5.91 Å². The summed E-state index contributed by atoms with van der Waals surface area (Å²) in [5.41, 5.74) is 3.16. The van der Waals surface area contributed by atoms with E-state index in [2.05, 4.69) is 38.4 Å². The van der Waals surface area contributed by atoms with Crippen LogP contribution in [0.1, 0.15) is 31.2 Å². The Balaban J connectivity index is 1.22. The summed E-state index contributed by atoms with van der Waals surface area (Å²) in [5, 5.41) is 11.3. The summed E-state index contributed by atoms with van der Waals surface area (Å²) < 4.78 is 0. The molecule has 1 unspecified atom stereocenters. The standard InChI is InChI=1S/C23H27N5O/c24-19-10-11-20-23(13-6-15-25-20)22(19)27-17-28(23)16-5-4-14-26-21(29)12-9-18-7-2-1-3-8-18/h1-3,6-8,11,13,15,24H,4-5,9-10,12,14,16-17H2,(H,26,29). The van der Waals surface area contributed by atoms with Gasteiger partial charge in [0.05, 0.1) is 23.8 Å². The van der Waals surface area contributed by atoms with Crippen LogP contribution in [0.3, 0.4) is 0 Å². The fraction of sp³-hybridized carbons (Fsp3) is 0.391. The molecule has 6 heteroatoms. The maximum Gasteiger partial charge on any atom is 0.220 e. The number of rotatable bonds is 8. The molecule has 2 aliphatic heterocycles. The summed E-state index contributed by atoms with van der Waals surface area (Å²) in [4.78, 5) is 23.6. The molecule has 0 saturated carbocycles. The van der Waals surface area contributed by atoms with E-state index in [1.54, 1.807) is 0 Å². The minimum absolute atomic E-state index is 0.106. The fourth-order valence-corrected chi connectivity index (χ4v) is 4.22. The van der Waals surface area contributed by atoms with E-state index < -0.39 is 5.54 Å². The number of carbonyl (C=O) groups is 1. The number of hydrogen-bond acceptors (Lipinski definition) is 5. The van der Waals surface area contributed by atoms with Crippen LogP contribution >= 0.6 is 0 Å². The highest BCUT2D eigenvalue weighted by Gasteiger charge is 2.50. The number of hydrogen-bond donors (Lipinski definition) is 2. The van der Waals surface area contributed by atoms with Crippen molar-refractivity contribution in [2.24, 2.45) is 9.98 Å². The number of aryl methyl sites for hydroxylation is 1. The van der Waals surface area contributed by atoms with Gasteiger partial charge in [-0.2, -0.15) is 0 Å². The van der Waals surface area contributed by atoms with Gasteiger partial charge < -0.3 is 10.7 Å². The third-order valence-electron chi connectivity index (χ3n) is 5.73. The van der Waals surface area contributed by atoms with Crippen LogP contribution in [0.2, 0.25) is 0 Å². The molecule has 0 saturated heterocycles. The zero-order valence-electron chi connectivity index (χ0n) is 16.6. The van der Waals surface area contributed by atoms with Crippen LogP contribution in [0.25, 0.3) is 0 Å². The lowest BCUT2D eigenvalue weighted by Gasteiger charge is -2.40. The molecular weight excluding hydrogens is 362 g/mol. The van der Waals surface area contributed by atoms with E-state index in [4.69, 9.17) is 5.41 Å². The van der Waals surface area contributed by atoms with Gasteiger partial charge in [0.1, 0.15) is 5.54 Å². The molecule has 3 aliphatic rings. The van der Waals surface area contributed by atoms with Crippen molar-refractivity contribution >= 4 is 23.5 Å². The second-order valence-corrected chi connectivity index (χ2v) is 7.63. The zero-order valence-corrected chi connectivity index (χ0v) is 16.6. The number of dihydropyridines is 1. The van der Waals surface area contributed by atoms with E-state index in [0.29, 0.717) is 31.8 Å². The Morgan fingerprint density at radius 3 is 2.97 bits per heavy atom. The molecular formula is C23H27N5O. The molecule has 1 atom stereocenters. The van der Waals surface area contributed by atoms with Gasteiger partial charge in [-0.1, -0.05) is 42.5 Å². The van der Waals surface area contributed by atoms with Gasteiger partial charge in [0.25, 0.3) is 0 Å². The van der Waals surface area contributed by atoms with Crippen LogP contribution in [-0.2, 0) is 11.2 Å². The predicted octanol–water partition coefficient (Wildman–Crippen LogP) is 2.92. The Kier molecular flexibility index (Phi) is 5.81. The molecule has 1 aromatic carbocycles. The van der Waals surface area contributed by atoms with Crippen LogP contribution in [0.4, 0.5) is 0 Å². The van der Waals surface area contributed by atoms with Gasteiger partial charge >= 0.3 is 0 Å². The second kappa shape index (κ2) is 8.66. The number of unbranched alkanes of at least 4 members (excludes halogenated alkanes) is 1. The number of carbonyl (C=O) groups excluding carboxylic acids is 1. The van der Waals surface area contributed by atoms with Crippen LogP contribution in [0, 0.1) is 5.41 Å². The molecule has 1 aliphatic carbocycles. The van der Waals surface area contributed by atoms with E-state index in [9.17, 15) is 4.79 Å². The minimum Gasteiger partial charge on any atom is -0.356 e. The van der Waals surface area contributed by atoms with E-state index >= 15 is 0 Å². The number of nitrogens with zero attached hydrogens (tertiary/aromatic N) is 3. The molecule has 0 bridgehead atoms. The molecule has 1 amide bonds. The van der Waals surface area contributed by atoms with Crippen molar-refractivity contribution < 1.29 is 4.79 Å². The Hall–Kier alpha value is -2.86. The van der Waals surface area contributed by atoms with Crippen molar-refractivity contribution in [2.75, 3.05) is 19.8 Å². The highest BCUT2D eigenvalue weighted by atomic mass is 16.1. The lowest BCUT2D eigenvalue weighted by Crippen LogP contribution is -2.54. The predicted molar refractivity (Wildman–Crippen MR) is 117 cm³/mol. The van der Waals surface area contributed by atoms with Crippen LogP contribution in [0.5, 0.6) is 0 Å². The van der Waals surface area contributed by atoms with Gasteiger partial charge in [-0.05, 0) is 30.9 Å². The summed E-state index contributed by atoms with van der Waals surface area (Å²) in [6, 6.07) is 10.1. The van der Waals surface area contributed by atoms with Crippen LogP contribution in [0.15, 0.2) is 64.2 Å². The van der Waals surface area contributed by atoms with Gasteiger partial charge in [-0.3, -0.25) is 19.7 Å². The molecule has 29 heavy (non-hydrogen) atoms. The van der Waals surface area contributed by atoms with E-state index in [0.717, 1.165) is 37.2 Å². The van der Waals surface area contributed by atoms with Crippen molar-refractivity contribution in [2.45, 2.75) is 37.6 Å². The maximum atomic E-state index is 12.1. The van der Waals surface area contributed by atoms with Gasteiger partial charge in [0, 0.05) is 32.1 Å². The first-order chi connectivity index (χ1) is 14.2. The second-order valence-electron chi connectivity index (χ2n) is 7.63. The number of benzene rings is 1. The summed E-state index contributed by atoms with van der Waals surface area (Å²) in [6.07, 6.45) is 11.7. The highest BCUT2D eigenvalue weighted by Crippen LogP contribution is 2.39. The minimum atomic E-state index is -0.455. The van der Waals surface area contributed by atoms with Crippen molar-refractivity contribution in [3.05, 3.63) is 59.8 Å². The fourth-order valence-electron chi connectivity index (χ4n) is 4.22. The molecule has 150 valence electrons. The van der Waals surface area contributed by atoms with Crippen molar-refractivity contribution in [1.29, 1.82) is 5.41 Å². The normalized spacial score (nSPS) is 22.7. The SMILES string of the molecule is N=C1CC=C2N=CC=CC23C1=NCN3CCCCNC(=O)CCc1ccccc1. The van der Waals surface area contributed by atoms with Crippen LogP contribution in [-0.4, -0.2) is 53.7 Å². The van der Waals surface area contributed by atoms with Crippen LogP contribution < -0.4 is 5.32 Å². The summed E-state index contributed by atoms with van der Waals surface area (Å²) in [5.74, 6) is 0.106. The molecule has 0 fully saturated rings. The molecule has 4 rings (SSSR count). The first-order valence-electron chi connectivity index (χ1n) is 10.3. The Bertz CT molecular complexity index is 899. The lowest BCUT2D eigenvalue weighted by molar-refractivity contribution is -0.121. The molecule has 1 spiro atoms. The molecule has 1 aromatic rings. The third kappa shape index (κ3) is 3.98. The number of nitrogens with one attached hydrogen (secondary N) is 2. The van der Waals surface area contributed by atoms with Gasteiger partial charge in [0.15, 0.2) is 0 Å². The quantitative estimate of drug-likeness (QED) is 0.671. The largest absolute Gasteiger partial charge is 0.356 e. The average Bonchev–Trinajstić information content (AvgIpc) is 3.12.